The first-order valence-corrected chi connectivity index (χ1v) is 17.2. The molecular weight excluding hydrogens is 569 g/mol. The van der Waals surface area contributed by atoms with Gasteiger partial charge in [0.25, 0.3) is 0 Å². The lowest BCUT2D eigenvalue weighted by molar-refractivity contribution is 0.135. The molecule has 1 saturated heterocycles. The van der Waals surface area contributed by atoms with Crippen molar-refractivity contribution in [3.63, 3.8) is 0 Å². The third-order valence-corrected chi connectivity index (χ3v) is 9.73. The van der Waals surface area contributed by atoms with Crippen LogP contribution in [-0.2, 0) is 19.4 Å². The molecule has 2 unspecified atom stereocenters. The average Bonchev–Trinajstić information content (AvgIpc) is 3.39. The number of nitrogens with zero attached hydrogens (tertiary/aromatic N) is 5. The van der Waals surface area contributed by atoms with Crippen molar-refractivity contribution in [3.8, 4) is 0 Å². The van der Waals surface area contributed by atoms with Crippen LogP contribution < -0.4 is 0 Å². The van der Waals surface area contributed by atoms with Crippen molar-refractivity contribution in [1.82, 2.24) is 24.4 Å². The number of fused-ring (bicyclic) bond motifs is 2. The molecule has 0 amide bonds. The van der Waals surface area contributed by atoms with Crippen LogP contribution in [0.15, 0.2) is 66.9 Å². The molecule has 230 valence electrons. The number of thioether (sulfide) groups is 1. The summed E-state index contributed by atoms with van der Waals surface area (Å²) in [7, 11) is 0. The molecule has 8 heteroatoms. The first kappa shape index (κ1) is 30.7. The van der Waals surface area contributed by atoms with Gasteiger partial charge in [-0.2, -0.15) is 11.8 Å². The Kier molecular flexibility index (Phi) is 9.59. The van der Waals surface area contributed by atoms with E-state index in [0.29, 0.717) is 12.5 Å². The molecule has 0 radical (unpaired) electrons. The van der Waals surface area contributed by atoms with Crippen molar-refractivity contribution in [3.05, 3.63) is 101 Å². The number of hydrogen-bond donors (Lipinski definition) is 1. The number of aliphatic hydroxyl groups excluding tert-OH is 1. The summed E-state index contributed by atoms with van der Waals surface area (Å²) < 4.78 is 15.9. The molecular formula is C36H42FN5OS. The van der Waals surface area contributed by atoms with Crippen LogP contribution in [0.2, 0.25) is 0 Å². The number of pyridine rings is 2. The highest BCUT2D eigenvalue weighted by atomic mass is 32.2. The fraction of sp³-hybridized carbons (Fsp3) is 0.417. The van der Waals surface area contributed by atoms with Gasteiger partial charge in [0.05, 0.1) is 41.4 Å². The van der Waals surface area contributed by atoms with Gasteiger partial charge < -0.3 is 9.67 Å². The third kappa shape index (κ3) is 6.82. The van der Waals surface area contributed by atoms with Crippen LogP contribution in [0.4, 0.5) is 4.39 Å². The summed E-state index contributed by atoms with van der Waals surface area (Å²) in [5, 5.41) is 11.7. The van der Waals surface area contributed by atoms with E-state index in [9.17, 15) is 9.50 Å². The summed E-state index contributed by atoms with van der Waals surface area (Å²) in [6, 6.07) is 20.5. The number of hydrogen-bond acceptors (Lipinski definition) is 6. The minimum atomic E-state index is -0.393. The monoisotopic (exact) mass is 611 g/mol. The lowest BCUT2D eigenvalue weighted by atomic mass is 9.92. The Morgan fingerprint density at radius 1 is 1.02 bits per heavy atom. The van der Waals surface area contributed by atoms with Gasteiger partial charge in [-0.05, 0) is 113 Å². The molecule has 4 heterocycles. The number of para-hydroxylation sites is 1. The molecule has 1 fully saturated rings. The largest absolute Gasteiger partial charge is 0.391 e. The van der Waals surface area contributed by atoms with Crippen LogP contribution in [0.5, 0.6) is 0 Å². The Bertz CT molecular complexity index is 1730. The van der Waals surface area contributed by atoms with E-state index < -0.39 is 6.10 Å². The summed E-state index contributed by atoms with van der Waals surface area (Å²) in [6.07, 6.45) is 7.50. The summed E-state index contributed by atoms with van der Waals surface area (Å²) in [6.45, 7) is 6.90. The molecule has 6 nitrogen and oxygen atoms in total. The maximum absolute atomic E-state index is 13.7. The second-order valence-electron chi connectivity index (χ2n) is 12.2. The van der Waals surface area contributed by atoms with Crippen molar-refractivity contribution in [2.45, 2.75) is 70.6 Å². The molecule has 1 aliphatic heterocycles. The zero-order chi connectivity index (χ0) is 30.6. The molecule has 44 heavy (non-hydrogen) atoms. The molecule has 2 atom stereocenters. The molecule has 1 N–H and O–H groups in total. The SMILES string of the molecule is CSCCC(O)Cn1c(C(C)N2CCC(c3cccc(CCc4cccc5cc(F)cnc45)n3)CC2)nc2ccc(C)cc21. The second-order valence-corrected chi connectivity index (χ2v) is 13.2. The Hall–Kier alpha value is -3.33. The second kappa shape index (κ2) is 13.8. The van der Waals surface area contributed by atoms with Gasteiger partial charge >= 0.3 is 0 Å². The van der Waals surface area contributed by atoms with Crippen LogP contribution in [-0.4, -0.2) is 60.7 Å². The van der Waals surface area contributed by atoms with E-state index in [1.165, 1.54) is 17.5 Å². The zero-order valence-electron chi connectivity index (χ0n) is 25.9. The molecule has 0 spiro atoms. The van der Waals surface area contributed by atoms with Crippen LogP contribution in [0.1, 0.15) is 66.5 Å². The molecule has 1 aliphatic rings. The predicted molar refractivity (Wildman–Crippen MR) is 179 cm³/mol. The fourth-order valence-corrected chi connectivity index (χ4v) is 7.10. The molecule has 0 saturated carbocycles. The first-order valence-electron chi connectivity index (χ1n) is 15.8. The van der Waals surface area contributed by atoms with E-state index in [1.54, 1.807) is 17.8 Å². The van der Waals surface area contributed by atoms with Crippen molar-refractivity contribution in [1.29, 1.82) is 0 Å². The predicted octanol–water partition coefficient (Wildman–Crippen LogP) is 7.27. The highest BCUT2D eigenvalue weighted by Crippen LogP contribution is 2.33. The highest BCUT2D eigenvalue weighted by molar-refractivity contribution is 7.98. The molecule has 6 rings (SSSR count). The van der Waals surface area contributed by atoms with E-state index in [2.05, 4.69) is 77.0 Å². The van der Waals surface area contributed by atoms with Gasteiger partial charge in [-0.1, -0.05) is 30.3 Å². The van der Waals surface area contributed by atoms with Gasteiger partial charge in [0, 0.05) is 22.7 Å². The Labute approximate surface area is 263 Å². The highest BCUT2D eigenvalue weighted by Gasteiger charge is 2.29. The Balaban J connectivity index is 1.12. The van der Waals surface area contributed by atoms with Gasteiger partial charge in [0.15, 0.2) is 0 Å². The molecule has 0 bridgehead atoms. The summed E-state index contributed by atoms with van der Waals surface area (Å²) in [5.41, 5.74) is 7.55. The van der Waals surface area contributed by atoms with E-state index in [-0.39, 0.29) is 11.9 Å². The van der Waals surface area contributed by atoms with Gasteiger partial charge in [0.1, 0.15) is 11.6 Å². The maximum atomic E-state index is 13.7. The number of imidazole rings is 1. The minimum Gasteiger partial charge on any atom is -0.391 e. The summed E-state index contributed by atoms with van der Waals surface area (Å²) in [5.74, 6) is 2.11. The van der Waals surface area contributed by atoms with E-state index in [1.807, 2.05) is 12.1 Å². The number of likely N-dealkylation sites (tertiary alicyclic amines) is 1. The number of rotatable bonds is 11. The molecule has 3 aromatic heterocycles. The summed E-state index contributed by atoms with van der Waals surface area (Å²) in [4.78, 5) is 17.1. The smallest absolute Gasteiger partial charge is 0.142 e. The van der Waals surface area contributed by atoms with Crippen LogP contribution in [0.3, 0.4) is 0 Å². The number of aliphatic hydroxyl groups is 1. The van der Waals surface area contributed by atoms with E-state index in [4.69, 9.17) is 9.97 Å². The van der Waals surface area contributed by atoms with Crippen molar-refractivity contribution >= 4 is 33.7 Å². The van der Waals surface area contributed by atoms with Crippen molar-refractivity contribution in [2.24, 2.45) is 0 Å². The van der Waals surface area contributed by atoms with Crippen LogP contribution in [0.25, 0.3) is 21.9 Å². The molecule has 0 aliphatic carbocycles. The van der Waals surface area contributed by atoms with Crippen LogP contribution in [0, 0.1) is 12.7 Å². The fourth-order valence-electron chi connectivity index (χ4n) is 6.59. The average molecular weight is 612 g/mol. The van der Waals surface area contributed by atoms with Gasteiger partial charge in [-0.25, -0.2) is 9.37 Å². The first-order chi connectivity index (χ1) is 21.4. The van der Waals surface area contributed by atoms with Crippen LogP contribution >= 0.6 is 11.8 Å². The number of halogens is 1. The van der Waals surface area contributed by atoms with E-state index in [0.717, 1.165) is 90.0 Å². The van der Waals surface area contributed by atoms with Crippen molar-refractivity contribution in [2.75, 3.05) is 25.1 Å². The number of aryl methyl sites for hydroxylation is 3. The maximum Gasteiger partial charge on any atom is 0.142 e. The lowest BCUT2D eigenvalue weighted by Crippen LogP contribution is -2.36. The third-order valence-electron chi connectivity index (χ3n) is 9.09. The quantitative estimate of drug-likeness (QED) is 0.170. The Morgan fingerprint density at radius 3 is 2.66 bits per heavy atom. The lowest BCUT2D eigenvalue weighted by Gasteiger charge is -2.36. The Morgan fingerprint density at radius 2 is 1.84 bits per heavy atom. The van der Waals surface area contributed by atoms with Gasteiger partial charge in [-0.3, -0.25) is 14.9 Å². The normalized spacial score (nSPS) is 16.1. The van der Waals surface area contributed by atoms with E-state index >= 15 is 0 Å². The molecule has 5 aromatic rings. The number of piperidine rings is 1. The molecule has 2 aromatic carbocycles. The topological polar surface area (TPSA) is 67.1 Å². The number of benzene rings is 2. The van der Waals surface area contributed by atoms with Gasteiger partial charge in [-0.15, -0.1) is 0 Å². The number of aromatic nitrogens is 4. The summed E-state index contributed by atoms with van der Waals surface area (Å²) >= 11 is 1.77. The minimum absolute atomic E-state index is 0.151. The zero-order valence-corrected chi connectivity index (χ0v) is 26.7. The van der Waals surface area contributed by atoms with Crippen molar-refractivity contribution < 1.29 is 9.50 Å². The van der Waals surface area contributed by atoms with Gasteiger partial charge in [0.2, 0.25) is 0 Å². The standard InChI is InChI=1S/C36H42FN5OS/c1-24-10-13-33-34(20-24)42(23-31(43)16-19-44-3)36(40-33)25(2)41-17-14-26(15-18-41)32-9-5-8-30(39-32)12-11-27-6-4-7-28-21-29(37)22-38-35(27)28/h4-10,13,20-22,25-26,31,43H,11-12,14-19,23H2,1-3H3.